The number of hydrogen-bond donors (Lipinski definition) is 1. The Kier molecular flexibility index (Phi) is 3.71. The van der Waals surface area contributed by atoms with Gasteiger partial charge < -0.3 is 10.5 Å². The van der Waals surface area contributed by atoms with Gasteiger partial charge in [-0.25, -0.2) is 4.39 Å². The third-order valence-electron chi connectivity index (χ3n) is 3.46. The minimum absolute atomic E-state index is 0.125. The fraction of sp³-hybridized carbons (Fsp3) is 0.400. The molecule has 4 heteroatoms. The van der Waals surface area contributed by atoms with E-state index in [4.69, 9.17) is 10.5 Å². The average Bonchev–Trinajstić information content (AvgIpc) is 2.61. The molecule has 1 aliphatic carbocycles. The van der Waals surface area contributed by atoms with Crippen LogP contribution in [0.25, 0.3) is 0 Å². The molecule has 0 aromatic heterocycles. The largest absolute Gasteiger partial charge is 0.489 e. The maximum absolute atomic E-state index is 12.4. The molecular weight excluding hydrogens is 245 g/mol. The topological polar surface area (TPSA) is 52.3 Å². The van der Waals surface area contributed by atoms with Gasteiger partial charge in [0, 0.05) is 24.1 Å². The fourth-order valence-electron chi connectivity index (χ4n) is 2.32. The van der Waals surface area contributed by atoms with Crippen molar-refractivity contribution in [3.05, 3.63) is 41.2 Å². The SMILES string of the molecule is CC1(C)CC(=O)c2ccc(OC/C(=C\F)CN)cc21. The zero-order valence-corrected chi connectivity index (χ0v) is 11.2. The first kappa shape index (κ1) is 13.7. The molecule has 1 aliphatic rings. The fourth-order valence-corrected chi connectivity index (χ4v) is 2.32. The minimum Gasteiger partial charge on any atom is -0.489 e. The smallest absolute Gasteiger partial charge is 0.164 e. The standard InChI is InChI=1S/C15H18FNO2/c1-15(2)6-14(18)12-4-3-11(5-13(12)15)19-9-10(7-16)8-17/h3-5,7H,6,8-9,17H2,1-2H3/b10-7-. The molecular formula is C15H18FNO2. The lowest BCUT2D eigenvalue weighted by Crippen LogP contribution is -2.13. The van der Waals surface area contributed by atoms with Crippen molar-refractivity contribution in [3.63, 3.8) is 0 Å². The zero-order chi connectivity index (χ0) is 14.0. The van der Waals surface area contributed by atoms with Crippen molar-refractivity contribution in [2.24, 2.45) is 5.73 Å². The average molecular weight is 263 g/mol. The Morgan fingerprint density at radius 3 is 2.89 bits per heavy atom. The van der Waals surface area contributed by atoms with Crippen molar-refractivity contribution in [2.45, 2.75) is 25.7 Å². The van der Waals surface area contributed by atoms with Crippen LogP contribution in [0.4, 0.5) is 4.39 Å². The molecule has 0 unspecified atom stereocenters. The number of rotatable bonds is 4. The van der Waals surface area contributed by atoms with Gasteiger partial charge in [-0.2, -0.15) is 0 Å². The lowest BCUT2D eigenvalue weighted by Gasteiger charge is -2.18. The summed E-state index contributed by atoms with van der Waals surface area (Å²) >= 11 is 0. The number of fused-ring (bicyclic) bond motifs is 1. The monoisotopic (exact) mass is 263 g/mol. The Morgan fingerprint density at radius 2 is 2.26 bits per heavy atom. The highest BCUT2D eigenvalue weighted by Gasteiger charge is 2.35. The van der Waals surface area contributed by atoms with Gasteiger partial charge in [-0.1, -0.05) is 13.8 Å². The number of carbonyl (C=O) groups excluding carboxylic acids is 1. The van der Waals surface area contributed by atoms with E-state index in [1.165, 1.54) is 0 Å². The van der Waals surface area contributed by atoms with Crippen LogP contribution >= 0.6 is 0 Å². The molecule has 1 aromatic rings. The Bertz CT molecular complexity index is 535. The van der Waals surface area contributed by atoms with Gasteiger partial charge in [-0.3, -0.25) is 4.79 Å². The molecule has 0 saturated carbocycles. The molecule has 0 fully saturated rings. The molecule has 0 bridgehead atoms. The normalized spacial score (nSPS) is 17.5. The number of benzene rings is 1. The summed E-state index contributed by atoms with van der Waals surface area (Å²) in [5, 5.41) is 0. The van der Waals surface area contributed by atoms with Crippen LogP contribution in [0.3, 0.4) is 0 Å². The molecule has 0 aliphatic heterocycles. The summed E-state index contributed by atoms with van der Waals surface area (Å²) in [5.41, 5.74) is 7.35. The highest BCUT2D eigenvalue weighted by atomic mass is 19.1. The number of ether oxygens (including phenoxy) is 1. The number of Topliss-reactive ketones (excluding diaryl/α,β-unsaturated/α-hetero) is 1. The van der Waals surface area contributed by atoms with E-state index in [0.717, 1.165) is 11.1 Å². The summed E-state index contributed by atoms with van der Waals surface area (Å²) in [6, 6.07) is 5.39. The molecule has 0 heterocycles. The van der Waals surface area contributed by atoms with Gasteiger partial charge in [0.15, 0.2) is 5.78 Å². The van der Waals surface area contributed by atoms with E-state index < -0.39 is 0 Å². The van der Waals surface area contributed by atoms with Crippen molar-refractivity contribution < 1.29 is 13.9 Å². The molecule has 0 radical (unpaired) electrons. The molecule has 0 spiro atoms. The molecule has 19 heavy (non-hydrogen) atoms. The van der Waals surface area contributed by atoms with E-state index in [1.54, 1.807) is 12.1 Å². The van der Waals surface area contributed by atoms with Gasteiger partial charge in [0.2, 0.25) is 0 Å². The molecule has 0 atom stereocenters. The Hall–Kier alpha value is -1.68. The Morgan fingerprint density at radius 1 is 1.53 bits per heavy atom. The highest BCUT2D eigenvalue weighted by Crippen LogP contribution is 2.39. The molecule has 3 nitrogen and oxygen atoms in total. The molecule has 2 rings (SSSR count). The third-order valence-corrected chi connectivity index (χ3v) is 3.46. The van der Waals surface area contributed by atoms with E-state index in [-0.39, 0.29) is 24.3 Å². The van der Waals surface area contributed by atoms with Crippen LogP contribution in [-0.4, -0.2) is 18.9 Å². The molecule has 0 amide bonds. The van der Waals surface area contributed by atoms with Crippen molar-refractivity contribution in [2.75, 3.05) is 13.2 Å². The summed E-state index contributed by atoms with van der Waals surface area (Å²) in [6.07, 6.45) is 0.991. The number of carbonyl (C=O) groups is 1. The van der Waals surface area contributed by atoms with Crippen LogP contribution in [0, 0.1) is 0 Å². The maximum Gasteiger partial charge on any atom is 0.164 e. The first-order chi connectivity index (χ1) is 8.97. The van der Waals surface area contributed by atoms with Crippen molar-refractivity contribution >= 4 is 5.78 Å². The number of ketones is 1. The van der Waals surface area contributed by atoms with Crippen molar-refractivity contribution in [1.29, 1.82) is 0 Å². The third kappa shape index (κ3) is 2.68. The van der Waals surface area contributed by atoms with E-state index >= 15 is 0 Å². The van der Waals surface area contributed by atoms with Crippen LogP contribution < -0.4 is 10.5 Å². The Labute approximate surface area is 112 Å². The van der Waals surface area contributed by atoms with Crippen LogP contribution in [0.1, 0.15) is 36.2 Å². The second-order valence-corrected chi connectivity index (χ2v) is 5.45. The second kappa shape index (κ2) is 5.13. The first-order valence-electron chi connectivity index (χ1n) is 6.26. The van der Waals surface area contributed by atoms with Gasteiger partial charge in [-0.15, -0.1) is 0 Å². The first-order valence-corrected chi connectivity index (χ1v) is 6.26. The van der Waals surface area contributed by atoms with Crippen LogP contribution in [0.15, 0.2) is 30.1 Å². The van der Waals surface area contributed by atoms with Gasteiger partial charge in [-0.05, 0) is 29.2 Å². The van der Waals surface area contributed by atoms with Crippen LogP contribution in [0.5, 0.6) is 5.75 Å². The quantitative estimate of drug-likeness (QED) is 0.908. The van der Waals surface area contributed by atoms with E-state index in [9.17, 15) is 9.18 Å². The predicted molar refractivity (Wildman–Crippen MR) is 72.2 cm³/mol. The van der Waals surface area contributed by atoms with Crippen molar-refractivity contribution in [3.8, 4) is 5.75 Å². The van der Waals surface area contributed by atoms with Crippen LogP contribution in [0.2, 0.25) is 0 Å². The zero-order valence-electron chi connectivity index (χ0n) is 11.2. The van der Waals surface area contributed by atoms with Gasteiger partial charge in [0.05, 0.1) is 6.33 Å². The van der Waals surface area contributed by atoms with Crippen molar-refractivity contribution in [1.82, 2.24) is 0 Å². The summed E-state index contributed by atoms with van der Waals surface area (Å²) in [4.78, 5) is 11.8. The lowest BCUT2D eigenvalue weighted by atomic mass is 9.86. The number of nitrogens with two attached hydrogens (primary N) is 1. The molecule has 1 aromatic carbocycles. The van der Waals surface area contributed by atoms with E-state index in [2.05, 4.69) is 0 Å². The van der Waals surface area contributed by atoms with Gasteiger partial charge in [0.25, 0.3) is 0 Å². The van der Waals surface area contributed by atoms with Crippen LogP contribution in [-0.2, 0) is 5.41 Å². The molecule has 102 valence electrons. The second-order valence-electron chi connectivity index (χ2n) is 5.45. The number of hydrogen-bond acceptors (Lipinski definition) is 3. The summed E-state index contributed by atoms with van der Waals surface area (Å²) in [5.74, 6) is 0.798. The lowest BCUT2D eigenvalue weighted by molar-refractivity contribution is 0.0979. The summed E-state index contributed by atoms with van der Waals surface area (Å²) in [6.45, 7) is 4.33. The maximum atomic E-state index is 12.4. The van der Waals surface area contributed by atoms with Gasteiger partial charge >= 0.3 is 0 Å². The summed E-state index contributed by atoms with van der Waals surface area (Å²) in [7, 11) is 0. The van der Waals surface area contributed by atoms with E-state index in [0.29, 0.717) is 24.1 Å². The minimum atomic E-state index is -0.168. The molecule has 2 N–H and O–H groups in total. The van der Waals surface area contributed by atoms with Gasteiger partial charge in [0.1, 0.15) is 12.4 Å². The number of halogens is 1. The van der Waals surface area contributed by atoms with E-state index in [1.807, 2.05) is 19.9 Å². The molecule has 0 saturated heterocycles. The predicted octanol–water partition coefficient (Wildman–Crippen LogP) is 2.74. The Balaban J connectivity index is 2.20. The highest BCUT2D eigenvalue weighted by molar-refractivity contribution is 6.02. The summed E-state index contributed by atoms with van der Waals surface area (Å²) < 4.78 is 17.9.